The van der Waals surface area contributed by atoms with Crippen LogP contribution in [0.2, 0.25) is 5.02 Å². The second kappa shape index (κ2) is 9.86. The second-order valence-corrected chi connectivity index (χ2v) is 8.79. The van der Waals surface area contributed by atoms with Gasteiger partial charge in [-0.1, -0.05) is 59.3 Å². The van der Waals surface area contributed by atoms with Crippen LogP contribution in [0.4, 0.5) is 0 Å². The smallest absolute Gasteiger partial charge is 0.295 e. The standard InChI is InChI=1S/C25H27ClN2O4/c1-17-3-5-19(6-4-17)23(29)21-22(18-7-9-20(26)10-8-18)28(25(31)24(21)30)12-2-11-27-13-15-32-16-14-27/h3-10,22,29H,2,11-16H2,1H3. The predicted octanol–water partition coefficient (Wildman–Crippen LogP) is 1.18. The van der Waals surface area contributed by atoms with Crippen molar-refractivity contribution in [3.63, 3.8) is 0 Å². The van der Waals surface area contributed by atoms with E-state index < -0.39 is 23.5 Å². The van der Waals surface area contributed by atoms with Gasteiger partial charge in [-0.3, -0.25) is 9.59 Å². The van der Waals surface area contributed by atoms with Crippen molar-refractivity contribution in [2.75, 3.05) is 39.4 Å². The maximum absolute atomic E-state index is 13.4. The number of rotatable bonds is 6. The first-order valence-electron chi connectivity index (χ1n) is 11.0. The number of halogens is 1. The van der Waals surface area contributed by atoms with Gasteiger partial charge in [-0.25, -0.2) is 0 Å². The lowest BCUT2D eigenvalue weighted by atomic mass is 9.95. The third kappa shape index (κ3) is 4.72. The largest absolute Gasteiger partial charge is 0.872 e. The minimum Gasteiger partial charge on any atom is -0.872 e. The van der Waals surface area contributed by atoms with E-state index in [1.54, 1.807) is 41.3 Å². The number of ether oxygens (including phenoxy) is 1. The number of hydrogen-bond acceptors (Lipinski definition) is 4. The normalized spacial score (nSPS) is 21.3. The summed E-state index contributed by atoms with van der Waals surface area (Å²) in [5, 5.41) is 13.9. The average Bonchev–Trinajstić information content (AvgIpc) is 3.05. The number of nitrogens with one attached hydrogen (secondary N) is 1. The Bertz CT molecular complexity index is 1010. The molecule has 2 aliphatic rings. The van der Waals surface area contributed by atoms with Crippen LogP contribution in [-0.2, 0) is 14.3 Å². The fraction of sp³-hybridized carbons (Fsp3) is 0.360. The topological polar surface area (TPSA) is 74.1 Å². The highest BCUT2D eigenvalue weighted by atomic mass is 35.5. The van der Waals surface area contributed by atoms with E-state index in [1.165, 1.54) is 4.90 Å². The van der Waals surface area contributed by atoms with Gasteiger partial charge in [0, 0.05) is 23.6 Å². The Morgan fingerprint density at radius 1 is 1.09 bits per heavy atom. The summed E-state index contributed by atoms with van der Waals surface area (Å²) in [4.78, 5) is 29.0. The molecule has 1 atom stereocenters. The summed E-state index contributed by atoms with van der Waals surface area (Å²) in [5.74, 6) is -1.73. The van der Waals surface area contributed by atoms with Crippen LogP contribution >= 0.6 is 11.6 Å². The number of quaternary nitrogens is 1. The number of likely N-dealkylation sites (tertiary alicyclic amines) is 1. The van der Waals surface area contributed by atoms with Crippen LogP contribution in [0.3, 0.4) is 0 Å². The van der Waals surface area contributed by atoms with Crippen molar-refractivity contribution in [2.45, 2.75) is 19.4 Å². The van der Waals surface area contributed by atoms with E-state index in [0.29, 0.717) is 22.7 Å². The number of hydrogen-bond donors (Lipinski definition) is 1. The molecule has 7 heteroatoms. The van der Waals surface area contributed by atoms with Gasteiger partial charge in [0.1, 0.15) is 13.1 Å². The molecule has 1 N–H and O–H groups in total. The van der Waals surface area contributed by atoms with Gasteiger partial charge >= 0.3 is 0 Å². The number of aryl methyl sites for hydroxylation is 1. The molecule has 4 rings (SSSR count). The lowest BCUT2D eigenvalue weighted by Gasteiger charge is -2.29. The maximum Gasteiger partial charge on any atom is 0.295 e. The quantitative estimate of drug-likeness (QED) is 0.404. The van der Waals surface area contributed by atoms with Crippen LogP contribution in [0.25, 0.3) is 5.76 Å². The molecule has 2 heterocycles. The molecule has 1 unspecified atom stereocenters. The van der Waals surface area contributed by atoms with E-state index in [4.69, 9.17) is 16.3 Å². The molecule has 0 saturated carbocycles. The lowest BCUT2D eigenvalue weighted by Crippen LogP contribution is -3.14. The number of Topliss-reactive ketones (excluding diaryl/α,β-unsaturated/α-hetero) is 1. The Morgan fingerprint density at radius 3 is 2.41 bits per heavy atom. The monoisotopic (exact) mass is 454 g/mol. The van der Waals surface area contributed by atoms with Crippen LogP contribution in [0.5, 0.6) is 0 Å². The van der Waals surface area contributed by atoms with E-state index in [0.717, 1.165) is 44.8 Å². The summed E-state index contributed by atoms with van der Waals surface area (Å²) in [7, 11) is 0. The highest BCUT2D eigenvalue weighted by molar-refractivity contribution is 6.46. The molecule has 168 valence electrons. The Balaban J connectivity index is 1.66. The van der Waals surface area contributed by atoms with E-state index in [-0.39, 0.29) is 5.57 Å². The fourth-order valence-electron chi connectivity index (χ4n) is 4.36. The first-order valence-corrected chi connectivity index (χ1v) is 11.3. The summed E-state index contributed by atoms with van der Waals surface area (Å²) >= 11 is 6.06. The third-order valence-corrected chi connectivity index (χ3v) is 6.41. The van der Waals surface area contributed by atoms with Crippen LogP contribution in [0, 0.1) is 6.92 Å². The van der Waals surface area contributed by atoms with Crippen molar-refractivity contribution in [2.24, 2.45) is 0 Å². The molecule has 0 bridgehead atoms. The highest BCUT2D eigenvalue weighted by Crippen LogP contribution is 2.39. The number of morpholine rings is 1. The molecule has 2 aliphatic heterocycles. The van der Waals surface area contributed by atoms with Crippen LogP contribution < -0.4 is 10.0 Å². The molecule has 0 spiro atoms. The van der Waals surface area contributed by atoms with Crippen LogP contribution in [0.15, 0.2) is 54.1 Å². The van der Waals surface area contributed by atoms with Gasteiger partial charge in [0.15, 0.2) is 0 Å². The minimum absolute atomic E-state index is 0.0138. The molecule has 2 fully saturated rings. The number of ketones is 1. The molecule has 0 aliphatic carbocycles. The van der Waals surface area contributed by atoms with Gasteiger partial charge < -0.3 is 19.6 Å². The molecule has 2 saturated heterocycles. The molecule has 6 nitrogen and oxygen atoms in total. The first-order chi connectivity index (χ1) is 15.5. The Hall–Kier alpha value is -2.67. The predicted molar refractivity (Wildman–Crippen MR) is 120 cm³/mol. The summed E-state index contributed by atoms with van der Waals surface area (Å²) in [6, 6.07) is 13.3. The zero-order valence-corrected chi connectivity index (χ0v) is 18.9. The number of carbonyl (C=O) groups excluding carboxylic acids is 2. The SMILES string of the molecule is Cc1ccc(C([O-])=C2C(=O)C(=O)N(CCC[NH+]3CCOCC3)C2c2ccc(Cl)cc2)cc1. The van der Waals surface area contributed by atoms with E-state index in [1.807, 2.05) is 19.1 Å². The summed E-state index contributed by atoms with van der Waals surface area (Å²) < 4.78 is 5.40. The van der Waals surface area contributed by atoms with Gasteiger partial charge in [0.25, 0.3) is 5.91 Å². The van der Waals surface area contributed by atoms with Gasteiger partial charge in [0.05, 0.1) is 25.8 Å². The third-order valence-electron chi connectivity index (χ3n) is 6.16. The summed E-state index contributed by atoms with van der Waals surface area (Å²) in [6.45, 7) is 6.59. The van der Waals surface area contributed by atoms with Crippen molar-refractivity contribution in [3.05, 3.63) is 75.8 Å². The second-order valence-electron chi connectivity index (χ2n) is 8.36. The molecule has 1 amide bonds. The molecule has 0 aromatic heterocycles. The number of nitrogens with zero attached hydrogens (tertiary/aromatic N) is 1. The van der Waals surface area contributed by atoms with E-state index in [2.05, 4.69) is 0 Å². The average molecular weight is 455 g/mol. The van der Waals surface area contributed by atoms with Crippen molar-refractivity contribution < 1.29 is 24.3 Å². The van der Waals surface area contributed by atoms with Crippen LogP contribution in [-0.4, -0.2) is 56.0 Å². The Morgan fingerprint density at radius 2 is 1.75 bits per heavy atom. The van der Waals surface area contributed by atoms with Crippen molar-refractivity contribution >= 4 is 29.1 Å². The Kier molecular flexibility index (Phi) is 6.94. The first kappa shape index (κ1) is 22.5. The minimum atomic E-state index is -0.714. The molecule has 32 heavy (non-hydrogen) atoms. The van der Waals surface area contributed by atoms with Gasteiger partial charge in [-0.2, -0.15) is 0 Å². The fourth-order valence-corrected chi connectivity index (χ4v) is 4.49. The number of carbonyl (C=O) groups is 2. The zero-order valence-electron chi connectivity index (χ0n) is 18.1. The summed E-state index contributed by atoms with van der Waals surface area (Å²) in [5.41, 5.74) is 2.15. The van der Waals surface area contributed by atoms with Crippen LogP contribution in [0.1, 0.15) is 29.2 Å². The molecule has 2 aromatic rings. The van der Waals surface area contributed by atoms with Crippen molar-refractivity contribution in [1.82, 2.24) is 4.90 Å². The van der Waals surface area contributed by atoms with Crippen molar-refractivity contribution in [1.29, 1.82) is 0 Å². The molecule has 0 radical (unpaired) electrons. The molecular formula is C25H27ClN2O4. The zero-order chi connectivity index (χ0) is 22.7. The lowest BCUT2D eigenvalue weighted by molar-refractivity contribution is -0.908. The Labute approximate surface area is 193 Å². The van der Waals surface area contributed by atoms with E-state index >= 15 is 0 Å². The molecular weight excluding hydrogens is 428 g/mol. The van der Waals surface area contributed by atoms with Gasteiger partial charge in [-0.05, 0) is 30.2 Å². The maximum atomic E-state index is 13.4. The number of benzene rings is 2. The molecule has 2 aromatic carbocycles. The van der Waals surface area contributed by atoms with Crippen molar-refractivity contribution in [3.8, 4) is 0 Å². The summed E-state index contributed by atoms with van der Waals surface area (Å²) in [6.07, 6.45) is 0.741. The highest BCUT2D eigenvalue weighted by Gasteiger charge is 2.44. The van der Waals surface area contributed by atoms with E-state index in [9.17, 15) is 14.7 Å². The number of amides is 1. The van der Waals surface area contributed by atoms with Gasteiger partial charge in [0.2, 0.25) is 5.78 Å². The van der Waals surface area contributed by atoms with Gasteiger partial charge in [-0.15, -0.1) is 0 Å².